The number of hydrogen-bond acceptors (Lipinski definition) is 5. The lowest BCUT2D eigenvalue weighted by Gasteiger charge is -2.32. The van der Waals surface area contributed by atoms with Crippen molar-refractivity contribution in [3.63, 3.8) is 0 Å². The van der Waals surface area contributed by atoms with E-state index in [0.29, 0.717) is 22.6 Å². The zero-order chi connectivity index (χ0) is 23.1. The first kappa shape index (κ1) is 20.4. The van der Waals surface area contributed by atoms with Gasteiger partial charge < -0.3 is 5.32 Å². The Morgan fingerprint density at radius 1 is 0.794 bits per heavy atom. The first-order chi connectivity index (χ1) is 16.7. The van der Waals surface area contributed by atoms with E-state index in [-0.39, 0.29) is 11.8 Å². The number of hydrogen-bond donors (Lipinski definition) is 1. The van der Waals surface area contributed by atoms with Crippen LogP contribution in [0.15, 0.2) is 119 Å². The van der Waals surface area contributed by atoms with Gasteiger partial charge >= 0.3 is 0 Å². The van der Waals surface area contributed by atoms with Gasteiger partial charge in [0.25, 0.3) is 11.8 Å². The number of aliphatic imine (C=N–C) groups is 1. The third-order valence-electron chi connectivity index (χ3n) is 5.92. The third kappa shape index (κ3) is 3.15. The van der Waals surface area contributed by atoms with E-state index < -0.39 is 4.87 Å². The summed E-state index contributed by atoms with van der Waals surface area (Å²) >= 11 is 1.39. The molecule has 0 aromatic heterocycles. The minimum atomic E-state index is -1.31. The number of rotatable bonds is 2. The predicted molar refractivity (Wildman–Crippen MR) is 136 cm³/mol. The number of carbonyl (C=O) groups excluding carboxylic acids is 2. The summed E-state index contributed by atoms with van der Waals surface area (Å²) in [6.45, 7) is 0. The average Bonchev–Trinajstić information content (AvgIpc) is 3.25. The number of nitrogens with one attached hydrogen (secondary N) is 1. The van der Waals surface area contributed by atoms with Gasteiger partial charge in [0.15, 0.2) is 0 Å². The van der Waals surface area contributed by atoms with E-state index in [4.69, 9.17) is 4.99 Å². The number of carbonyl (C=O) groups is 2. The number of anilines is 2. The third-order valence-corrected chi connectivity index (χ3v) is 7.28. The number of thioether (sulfide) groups is 1. The molecule has 2 aliphatic heterocycles. The van der Waals surface area contributed by atoms with Gasteiger partial charge in [-0.05, 0) is 42.0 Å². The maximum Gasteiger partial charge on any atom is 0.277 e. The Hall–Kier alpha value is -4.16. The fraction of sp³-hybridized carbons (Fsp3) is 0.0357. The summed E-state index contributed by atoms with van der Waals surface area (Å²) in [6, 6.07) is 33.6. The first-order valence-electron chi connectivity index (χ1n) is 10.9. The highest BCUT2D eigenvalue weighted by atomic mass is 32.2. The summed E-state index contributed by atoms with van der Waals surface area (Å²) in [4.78, 5) is 34.3. The number of benzene rings is 4. The van der Waals surface area contributed by atoms with Crippen molar-refractivity contribution in [2.45, 2.75) is 9.77 Å². The molecule has 0 fully saturated rings. The lowest BCUT2D eigenvalue weighted by molar-refractivity contribution is -0.118. The van der Waals surface area contributed by atoms with Gasteiger partial charge in [0.1, 0.15) is 0 Å². The van der Waals surface area contributed by atoms with Gasteiger partial charge in [-0.3, -0.25) is 9.59 Å². The van der Waals surface area contributed by atoms with Gasteiger partial charge in [-0.1, -0.05) is 84.6 Å². The van der Waals surface area contributed by atoms with Crippen molar-refractivity contribution in [3.8, 4) is 0 Å². The van der Waals surface area contributed by atoms with Gasteiger partial charge in [-0.2, -0.15) is 0 Å². The molecule has 6 rings (SSSR count). The van der Waals surface area contributed by atoms with E-state index in [1.807, 2.05) is 78.9 Å². The molecule has 164 valence electrons. The first-order valence-corrected chi connectivity index (χ1v) is 11.7. The van der Waals surface area contributed by atoms with Crippen LogP contribution in [0.3, 0.4) is 0 Å². The van der Waals surface area contributed by atoms with Crippen LogP contribution in [0.4, 0.5) is 17.1 Å². The second kappa shape index (κ2) is 8.01. The number of para-hydroxylation sites is 3. The van der Waals surface area contributed by atoms with E-state index in [1.54, 1.807) is 30.3 Å². The number of nitrogens with zero attached hydrogens (tertiary/aromatic N) is 2. The number of fused-ring (bicyclic) bond motifs is 2. The molecule has 5 nitrogen and oxygen atoms in total. The molecule has 6 heteroatoms. The van der Waals surface area contributed by atoms with E-state index in [2.05, 4.69) is 5.32 Å². The van der Waals surface area contributed by atoms with Crippen molar-refractivity contribution in [3.05, 3.63) is 120 Å². The summed E-state index contributed by atoms with van der Waals surface area (Å²) in [5.74, 6) is -0.768. The fourth-order valence-corrected chi connectivity index (χ4v) is 5.64. The maximum atomic E-state index is 14.5. The Morgan fingerprint density at radius 3 is 2.21 bits per heavy atom. The molecular weight excluding hydrogens is 442 g/mol. The summed E-state index contributed by atoms with van der Waals surface area (Å²) < 4.78 is 0. The average molecular weight is 462 g/mol. The van der Waals surface area contributed by atoms with Crippen LogP contribution in [-0.4, -0.2) is 22.4 Å². The van der Waals surface area contributed by atoms with Crippen molar-refractivity contribution >= 4 is 46.4 Å². The van der Waals surface area contributed by atoms with Crippen LogP contribution in [0.25, 0.3) is 0 Å². The van der Waals surface area contributed by atoms with Gasteiger partial charge in [0, 0.05) is 16.1 Å². The molecule has 1 unspecified atom stereocenters. The molecule has 4 aromatic rings. The summed E-state index contributed by atoms with van der Waals surface area (Å²) in [5, 5.41) is 3.45. The van der Waals surface area contributed by atoms with Gasteiger partial charge in [-0.15, -0.1) is 0 Å². The standard InChI is InChI=1S/C28H19N3O2S/c32-26(20-13-5-2-6-14-20)31-23-17-9-7-15-21(23)29-25(19-11-3-1-4-12-19)28(27(31)33)30-22-16-8-10-18-24(22)34-28/h1-18,30H. The van der Waals surface area contributed by atoms with Crippen LogP contribution in [0, 0.1) is 0 Å². The quantitative estimate of drug-likeness (QED) is 0.377. The second-order valence-corrected chi connectivity index (χ2v) is 9.29. The molecule has 34 heavy (non-hydrogen) atoms. The number of imide groups is 1. The molecular formula is C28H19N3O2S. The van der Waals surface area contributed by atoms with E-state index >= 15 is 0 Å². The Balaban J connectivity index is 1.61. The number of amides is 2. The Labute approximate surface area is 201 Å². The van der Waals surface area contributed by atoms with Crippen LogP contribution >= 0.6 is 11.8 Å². The van der Waals surface area contributed by atoms with Crippen molar-refractivity contribution < 1.29 is 9.59 Å². The van der Waals surface area contributed by atoms with Crippen molar-refractivity contribution in [1.82, 2.24) is 0 Å². The van der Waals surface area contributed by atoms with Crippen molar-refractivity contribution in [1.29, 1.82) is 0 Å². The Bertz CT molecular complexity index is 1430. The zero-order valence-corrected chi connectivity index (χ0v) is 18.8. The van der Waals surface area contributed by atoms with Gasteiger partial charge in [0.05, 0.1) is 17.1 Å². The molecule has 0 saturated heterocycles. The van der Waals surface area contributed by atoms with E-state index in [0.717, 1.165) is 16.1 Å². The molecule has 0 saturated carbocycles. The minimum absolute atomic E-state index is 0.380. The zero-order valence-electron chi connectivity index (χ0n) is 18.0. The molecule has 1 atom stereocenters. The topological polar surface area (TPSA) is 61.8 Å². The van der Waals surface area contributed by atoms with E-state index in [9.17, 15) is 9.59 Å². The highest BCUT2D eigenvalue weighted by molar-refractivity contribution is 8.03. The monoisotopic (exact) mass is 461 g/mol. The van der Waals surface area contributed by atoms with Crippen LogP contribution in [0.5, 0.6) is 0 Å². The minimum Gasteiger partial charge on any atom is -0.357 e. The Morgan fingerprint density at radius 2 is 1.44 bits per heavy atom. The largest absolute Gasteiger partial charge is 0.357 e. The van der Waals surface area contributed by atoms with Gasteiger partial charge in [-0.25, -0.2) is 9.89 Å². The van der Waals surface area contributed by atoms with Crippen molar-refractivity contribution in [2.75, 3.05) is 10.2 Å². The molecule has 0 radical (unpaired) electrons. The summed E-state index contributed by atoms with van der Waals surface area (Å²) in [7, 11) is 0. The molecule has 4 aromatic carbocycles. The van der Waals surface area contributed by atoms with Crippen LogP contribution < -0.4 is 10.2 Å². The van der Waals surface area contributed by atoms with Crippen LogP contribution in [0.1, 0.15) is 15.9 Å². The lowest BCUT2D eigenvalue weighted by Crippen LogP contribution is -2.56. The molecule has 0 aliphatic carbocycles. The highest BCUT2D eigenvalue weighted by Gasteiger charge is 2.54. The van der Waals surface area contributed by atoms with Crippen LogP contribution in [-0.2, 0) is 4.79 Å². The smallest absolute Gasteiger partial charge is 0.277 e. The molecule has 2 aliphatic rings. The maximum absolute atomic E-state index is 14.5. The molecule has 1 N–H and O–H groups in total. The predicted octanol–water partition coefficient (Wildman–Crippen LogP) is 5.91. The fourth-order valence-electron chi connectivity index (χ4n) is 4.33. The summed E-state index contributed by atoms with van der Waals surface area (Å²) in [6.07, 6.45) is 0. The van der Waals surface area contributed by atoms with Crippen LogP contribution in [0.2, 0.25) is 0 Å². The highest BCUT2D eigenvalue weighted by Crippen LogP contribution is 2.51. The van der Waals surface area contributed by atoms with Crippen molar-refractivity contribution in [2.24, 2.45) is 4.99 Å². The molecule has 1 spiro atoms. The lowest BCUT2D eigenvalue weighted by atomic mass is 10.0. The SMILES string of the molecule is O=C(c1ccccc1)N1C(=O)C2(Nc3ccccc3S2)C(c2ccccc2)=Nc2ccccc21. The van der Waals surface area contributed by atoms with E-state index in [1.165, 1.54) is 16.7 Å². The molecule has 0 bridgehead atoms. The Kier molecular flexibility index (Phi) is 4.81. The molecule has 2 amide bonds. The summed E-state index contributed by atoms with van der Waals surface area (Å²) in [5.41, 5.74) is 3.67. The van der Waals surface area contributed by atoms with Gasteiger partial charge in [0.2, 0.25) is 4.87 Å². The second-order valence-electron chi connectivity index (χ2n) is 8.03. The molecule has 2 heterocycles. The normalized spacial score (nSPS) is 18.5.